The van der Waals surface area contributed by atoms with Gasteiger partial charge in [-0.05, 0) is 41.5 Å². The van der Waals surface area contributed by atoms with Gasteiger partial charge in [-0.3, -0.25) is 0 Å². The third-order valence-corrected chi connectivity index (χ3v) is 1.96. The van der Waals surface area contributed by atoms with E-state index in [4.69, 9.17) is 14.6 Å². The first-order chi connectivity index (χ1) is 6.73. The predicted octanol–water partition coefficient (Wildman–Crippen LogP) is 2.37. The molecule has 0 amide bonds. The summed E-state index contributed by atoms with van der Waals surface area (Å²) in [6, 6.07) is 0. The lowest BCUT2D eigenvalue weighted by Crippen LogP contribution is -2.33. The third kappa shape index (κ3) is 8.85. The molecule has 0 saturated carbocycles. The van der Waals surface area contributed by atoms with Crippen molar-refractivity contribution in [1.29, 1.82) is 0 Å². The normalized spacial score (nSPS) is 16.8. The lowest BCUT2D eigenvalue weighted by Gasteiger charge is -2.30. The van der Waals surface area contributed by atoms with Crippen molar-refractivity contribution in [3.05, 3.63) is 0 Å². The summed E-state index contributed by atoms with van der Waals surface area (Å²) in [5, 5.41) is 9.09. The molecule has 0 radical (unpaired) electrons. The van der Waals surface area contributed by atoms with E-state index >= 15 is 0 Å². The molecule has 92 valence electrons. The van der Waals surface area contributed by atoms with Gasteiger partial charge in [-0.25, -0.2) is 0 Å². The minimum Gasteiger partial charge on any atom is -0.391 e. The largest absolute Gasteiger partial charge is 0.391 e. The van der Waals surface area contributed by atoms with Gasteiger partial charge < -0.3 is 14.6 Å². The van der Waals surface area contributed by atoms with Crippen molar-refractivity contribution in [3.8, 4) is 0 Å². The number of hydrogen-bond donors (Lipinski definition) is 1. The quantitative estimate of drug-likeness (QED) is 0.713. The molecule has 0 aromatic carbocycles. The van der Waals surface area contributed by atoms with E-state index in [9.17, 15) is 0 Å². The van der Waals surface area contributed by atoms with Crippen LogP contribution in [0.5, 0.6) is 0 Å². The Hall–Kier alpha value is -0.120. The van der Waals surface area contributed by atoms with Crippen molar-refractivity contribution in [2.75, 3.05) is 6.61 Å². The molecule has 0 bridgehead atoms. The van der Waals surface area contributed by atoms with Crippen LogP contribution in [0.15, 0.2) is 0 Å². The van der Waals surface area contributed by atoms with Gasteiger partial charge in [0.15, 0.2) is 0 Å². The first-order valence-electron chi connectivity index (χ1n) is 5.70. The van der Waals surface area contributed by atoms with Crippen LogP contribution in [-0.4, -0.2) is 35.6 Å². The second-order valence-corrected chi connectivity index (χ2v) is 5.12. The zero-order valence-corrected chi connectivity index (χ0v) is 10.9. The lowest BCUT2D eigenvalue weighted by molar-refractivity contribution is -0.0939. The van der Waals surface area contributed by atoms with Gasteiger partial charge in [-0.2, -0.15) is 0 Å². The predicted molar refractivity (Wildman–Crippen MR) is 62.0 cm³/mol. The Morgan fingerprint density at radius 2 is 1.67 bits per heavy atom. The fraction of sp³-hybridized carbons (Fsp3) is 1.00. The second-order valence-electron chi connectivity index (χ2n) is 5.12. The molecular formula is C12H26O3. The minimum atomic E-state index is -0.401. The first-order valence-corrected chi connectivity index (χ1v) is 5.70. The maximum absolute atomic E-state index is 9.09. The summed E-state index contributed by atoms with van der Waals surface area (Å²) in [6.07, 6.45) is 0.761. The highest BCUT2D eigenvalue weighted by molar-refractivity contribution is 4.73. The average molecular weight is 218 g/mol. The van der Waals surface area contributed by atoms with Crippen LogP contribution in [0.1, 0.15) is 48.0 Å². The van der Waals surface area contributed by atoms with Crippen molar-refractivity contribution >= 4 is 0 Å². The van der Waals surface area contributed by atoms with Crippen LogP contribution in [-0.2, 0) is 9.47 Å². The molecule has 0 saturated heterocycles. The van der Waals surface area contributed by atoms with E-state index in [1.54, 1.807) is 6.92 Å². The van der Waals surface area contributed by atoms with Crippen LogP contribution in [0.4, 0.5) is 0 Å². The third-order valence-electron chi connectivity index (χ3n) is 1.96. The van der Waals surface area contributed by atoms with Gasteiger partial charge in [0.1, 0.15) is 0 Å². The molecular weight excluding hydrogens is 192 g/mol. The van der Waals surface area contributed by atoms with E-state index in [0.29, 0.717) is 6.61 Å². The number of aliphatic hydroxyl groups is 1. The topological polar surface area (TPSA) is 38.7 Å². The molecule has 15 heavy (non-hydrogen) atoms. The maximum atomic E-state index is 9.09. The molecule has 3 nitrogen and oxygen atoms in total. The highest BCUT2D eigenvalue weighted by atomic mass is 16.5. The summed E-state index contributed by atoms with van der Waals surface area (Å²) in [5.41, 5.74) is -0.174. The van der Waals surface area contributed by atoms with Gasteiger partial charge >= 0.3 is 0 Å². The summed E-state index contributed by atoms with van der Waals surface area (Å²) in [5.74, 6) is 0. The summed E-state index contributed by atoms with van der Waals surface area (Å²) in [6.45, 7) is 12.3. The Morgan fingerprint density at radius 1 is 1.13 bits per heavy atom. The Kier molecular flexibility index (Phi) is 6.41. The van der Waals surface area contributed by atoms with Crippen LogP contribution in [0, 0.1) is 0 Å². The standard InChI is InChI=1S/C12H26O3/c1-9(2)15-12(5,6)7-11(4)14-8-10(3)13/h9-11,13H,7-8H2,1-6H3. The molecule has 0 spiro atoms. The molecule has 0 aliphatic rings. The van der Waals surface area contributed by atoms with E-state index in [1.165, 1.54) is 0 Å². The van der Waals surface area contributed by atoms with Crippen molar-refractivity contribution in [2.45, 2.75) is 71.9 Å². The molecule has 0 aliphatic heterocycles. The van der Waals surface area contributed by atoms with E-state index in [2.05, 4.69) is 13.8 Å². The Labute approximate surface area is 93.8 Å². The Morgan fingerprint density at radius 3 is 2.07 bits per heavy atom. The highest BCUT2D eigenvalue weighted by Gasteiger charge is 2.23. The molecule has 0 fully saturated rings. The zero-order chi connectivity index (χ0) is 12.1. The molecule has 3 heteroatoms. The number of ether oxygens (including phenoxy) is 2. The van der Waals surface area contributed by atoms with Gasteiger partial charge in [0.05, 0.1) is 30.5 Å². The van der Waals surface area contributed by atoms with Gasteiger partial charge in [0, 0.05) is 6.42 Å². The van der Waals surface area contributed by atoms with Crippen LogP contribution in [0.25, 0.3) is 0 Å². The van der Waals surface area contributed by atoms with E-state index < -0.39 is 6.10 Å². The highest BCUT2D eigenvalue weighted by Crippen LogP contribution is 2.20. The Balaban J connectivity index is 3.87. The van der Waals surface area contributed by atoms with E-state index in [1.807, 2.05) is 20.8 Å². The smallest absolute Gasteiger partial charge is 0.0745 e. The van der Waals surface area contributed by atoms with Crippen molar-refractivity contribution in [1.82, 2.24) is 0 Å². The van der Waals surface area contributed by atoms with E-state index in [-0.39, 0.29) is 17.8 Å². The molecule has 0 rings (SSSR count). The molecule has 0 aliphatic carbocycles. The van der Waals surface area contributed by atoms with Crippen LogP contribution < -0.4 is 0 Å². The molecule has 2 unspecified atom stereocenters. The molecule has 0 aromatic rings. The van der Waals surface area contributed by atoms with Crippen LogP contribution in [0.3, 0.4) is 0 Å². The summed E-state index contributed by atoms with van der Waals surface area (Å²) in [7, 11) is 0. The fourth-order valence-electron chi connectivity index (χ4n) is 1.74. The summed E-state index contributed by atoms with van der Waals surface area (Å²) >= 11 is 0. The average Bonchev–Trinajstić information content (AvgIpc) is 1.96. The van der Waals surface area contributed by atoms with Gasteiger partial charge in [-0.15, -0.1) is 0 Å². The van der Waals surface area contributed by atoms with Crippen LogP contribution >= 0.6 is 0 Å². The zero-order valence-electron chi connectivity index (χ0n) is 10.9. The molecule has 0 heterocycles. The molecule has 0 aromatic heterocycles. The summed E-state index contributed by atoms with van der Waals surface area (Å²) in [4.78, 5) is 0. The number of hydrogen-bond acceptors (Lipinski definition) is 3. The fourth-order valence-corrected chi connectivity index (χ4v) is 1.74. The van der Waals surface area contributed by atoms with Crippen LogP contribution in [0.2, 0.25) is 0 Å². The number of rotatable bonds is 7. The van der Waals surface area contributed by atoms with Crippen molar-refractivity contribution < 1.29 is 14.6 Å². The SMILES string of the molecule is CC(O)COC(C)CC(C)(C)OC(C)C. The van der Waals surface area contributed by atoms with Gasteiger partial charge in [-0.1, -0.05) is 0 Å². The van der Waals surface area contributed by atoms with Crippen molar-refractivity contribution in [2.24, 2.45) is 0 Å². The summed E-state index contributed by atoms with van der Waals surface area (Å²) < 4.78 is 11.3. The molecule has 2 atom stereocenters. The maximum Gasteiger partial charge on any atom is 0.0745 e. The van der Waals surface area contributed by atoms with Crippen molar-refractivity contribution in [3.63, 3.8) is 0 Å². The second kappa shape index (κ2) is 6.46. The van der Waals surface area contributed by atoms with Gasteiger partial charge in [0.25, 0.3) is 0 Å². The lowest BCUT2D eigenvalue weighted by atomic mass is 10.0. The minimum absolute atomic E-state index is 0.105. The molecule has 1 N–H and O–H groups in total. The van der Waals surface area contributed by atoms with E-state index in [0.717, 1.165) is 6.42 Å². The Bertz CT molecular complexity index is 164. The number of aliphatic hydroxyl groups excluding tert-OH is 1. The monoisotopic (exact) mass is 218 g/mol. The first kappa shape index (κ1) is 14.9. The van der Waals surface area contributed by atoms with Gasteiger partial charge in [0.2, 0.25) is 0 Å².